The molecular formula is C22H36O4. The second-order valence-electron chi connectivity index (χ2n) is 6.54. The van der Waals surface area contributed by atoms with Gasteiger partial charge in [-0.15, -0.1) is 0 Å². The molecule has 0 unspecified atom stereocenters. The molecule has 1 aromatic carbocycles. The third-order valence-electron chi connectivity index (χ3n) is 4.21. The molecule has 0 fully saturated rings. The lowest BCUT2D eigenvalue weighted by Gasteiger charge is -2.17. The highest BCUT2D eigenvalue weighted by molar-refractivity contribution is 5.94. The van der Waals surface area contributed by atoms with Crippen molar-refractivity contribution >= 4 is 5.97 Å². The summed E-state index contributed by atoms with van der Waals surface area (Å²) in [6.45, 7) is 9.90. The Morgan fingerprint density at radius 1 is 0.846 bits per heavy atom. The summed E-state index contributed by atoms with van der Waals surface area (Å²) in [4.78, 5) is 12.6. The minimum Gasteiger partial charge on any atom is -0.493 e. The Labute approximate surface area is 159 Å². The molecule has 1 aromatic rings. The van der Waals surface area contributed by atoms with Gasteiger partial charge in [-0.3, -0.25) is 0 Å². The highest BCUT2D eigenvalue weighted by Crippen LogP contribution is 2.31. The molecule has 0 aliphatic carbocycles. The van der Waals surface area contributed by atoms with Gasteiger partial charge in [0.15, 0.2) is 0 Å². The molecule has 0 atom stereocenters. The van der Waals surface area contributed by atoms with Crippen molar-refractivity contribution in [3.05, 3.63) is 23.3 Å². The molecule has 0 aliphatic rings. The first-order valence-electron chi connectivity index (χ1n) is 10.3. The van der Waals surface area contributed by atoms with Crippen molar-refractivity contribution < 1.29 is 19.0 Å². The average Bonchev–Trinajstić information content (AvgIpc) is 2.62. The van der Waals surface area contributed by atoms with E-state index in [1.54, 1.807) is 0 Å². The van der Waals surface area contributed by atoms with Gasteiger partial charge in [0.2, 0.25) is 0 Å². The fraction of sp³-hybridized carbons (Fsp3) is 0.682. The van der Waals surface area contributed by atoms with Crippen LogP contribution in [0.5, 0.6) is 11.5 Å². The van der Waals surface area contributed by atoms with Crippen LogP contribution in [0.1, 0.15) is 88.6 Å². The number of hydrogen-bond donors (Lipinski definition) is 0. The SMILES string of the molecule is CCCCCc1cc(OCCCC)cc(OCCCC)c1C(=O)OCC. The summed E-state index contributed by atoms with van der Waals surface area (Å²) in [5.41, 5.74) is 1.54. The van der Waals surface area contributed by atoms with Crippen LogP contribution in [0.15, 0.2) is 12.1 Å². The third kappa shape index (κ3) is 7.67. The molecule has 0 bridgehead atoms. The molecule has 0 aromatic heterocycles. The van der Waals surface area contributed by atoms with E-state index >= 15 is 0 Å². The maximum absolute atomic E-state index is 12.6. The minimum absolute atomic E-state index is 0.300. The Hall–Kier alpha value is -1.71. The van der Waals surface area contributed by atoms with Gasteiger partial charge >= 0.3 is 5.97 Å². The number of hydrogen-bond acceptors (Lipinski definition) is 4. The molecular weight excluding hydrogens is 328 g/mol. The maximum Gasteiger partial charge on any atom is 0.342 e. The predicted molar refractivity (Wildman–Crippen MR) is 106 cm³/mol. The summed E-state index contributed by atoms with van der Waals surface area (Å²) in [5.74, 6) is 1.08. The zero-order chi connectivity index (χ0) is 19.2. The van der Waals surface area contributed by atoms with Crippen LogP contribution in [0.25, 0.3) is 0 Å². The fourth-order valence-corrected chi connectivity index (χ4v) is 2.70. The van der Waals surface area contributed by atoms with Crippen LogP contribution in [-0.4, -0.2) is 25.8 Å². The first-order valence-corrected chi connectivity index (χ1v) is 10.3. The molecule has 0 radical (unpaired) electrons. The second-order valence-corrected chi connectivity index (χ2v) is 6.54. The van der Waals surface area contributed by atoms with Gasteiger partial charge in [0, 0.05) is 6.07 Å². The van der Waals surface area contributed by atoms with Crippen molar-refractivity contribution in [1.82, 2.24) is 0 Å². The van der Waals surface area contributed by atoms with Crippen molar-refractivity contribution in [3.63, 3.8) is 0 Å². The zero-order valence-corrected chi connectivity index (χ0v) is 17.1. The van der Waals surface area contributed by atoms with Crippen molar-refractivity contribution in [2.45, 2.75) is 79.1 Å². The number of esters is 1. The Morgan fingerprint density at radius 2 is 1.50 bits per heavy atom. The molecule has 0 amide bonds. The zero-order valence-electron chi connectivity index (χ0n) is 17.1. The molecule has 4 nitrogen and oxygen atoms in total. The van der Waals surface area contributed by atoms with E-state index in [9.17, 15) is 4.79 Å². The largest absolute Gasteiger partial charge is 0.493 e. The van der Waals surface area contributed by atoms with E-state index < -0.39 is 0 Å². The maximum atomic E-state index is 12.6. The van der Waals surface area contributed by atoms with Gasteiger partial charge in [0.25, 0.3) is 0 Å². The summed E-state index contributed by atoms with van der Waals surface area (Å²) >= 11 is 0. The summed E-state index contributed by atoms with van der Waals surface area (Å²) in [6.07, 6.45) is 8.24. The number of aryl methyl sites for hydroxylation is 1. The summed E-state index contributed by atoms with van der Waals surface area (Å²) in [5, 5.41) is 0. The quantitative estimate of drug-likeness (QED) is 0.302. The van der Waals surface area contributed by atoms with Crippen molar-refractivity contribution in [1.29, 1.82) is 0 Å². The third-order valence-corrected chi connectivity index (χ3v) is 4.21. The van der Waals surface area contributed by atoms with E-state index in [2.05, 4.69) is 20.8 Å². The first-order chi connectivity index (χ1) is 12.7. The van der Waals surface area contributed by atoms with E-state index in [1.165, 1.54) is 0 Å². The van der Waals surface area contributed by atoms with Gasteiger partial charge < -0.3 is 14.2 Å². The molecule has 0 aliphatic heterocycles. The van der Waals surface area contributed by atoms with E-state index in [1.807, 2.05) is 19.1 Å². The van der Waals surface area contributed by atoms with Gasteiger partial charge in [0.1, 0.15) is 17.1 Å². The fourth-order valence-electron chi connectivity index (χ4n) is 2.70. The number of ether oxygens (including phenoxy) is 3. The lowest BCUT2D eigenvalue weighted by Crippen LogP contribution is -2.13. The Bertz CT molecular complexity index is 494. The number of carbonyl (C=O) groups excluding carboxylic acids is 1. The van der Waals surface area contributed by atoms with Crippen molar-refractivity contribution in [2.75, 3.05) is 19.8 Å². The summed E-state index contributed by atoms with van der Waals surface area (Å²) < 4.78 is 17.2. The molecule has 1 rings (SSSR count). The second kappa shape index (κ2) is 13.5. The smallest absolute Gasteiger partial charge is 0.342 e. The Kier molecular flexibility index (Phi) is 11.6. The number of unbranched alkanes of at least 4 members (excludes halogenated alkanes) is 4. The standard InChI is InChI=1S/C22H36O4/c1-5-9-12-13-18-16-19(25-14-10-6-2)17-20(26-15-11-7-3)21(18)22(23)24-8-4/h16-17H,5-15H2,1-4H3. The molecule has 0 saturated heterocycles. The van der Waals surface area contributed by atoms with E-state index in [0.29, 0.717) is 31.1 Å². The van der Waals surface area contributed by atoms with E-state index in [0.717, 1.165) is 62.7 Å². The lowest BCUT2D eigenvalue weighted by molar-refractivity contribution is 0.0520. The normalized spacial score (nSPS) is 10.6. The first kappa shape index (κ1) is 22.3. The minimum atomic E-state index is -0.300. The molecule has 4 heteroatoms. The topological polar surface area (TPSA) is 44.8 Å². The molecule has 0 heterocycles. The van der Waals surface area contributed by atoms with Gasteiger partial charge in [-0.2, -0.15) is 0 Å². The Balaban J connectivity index is 3.16. The van der Waals surface area contributed by atoms with Crippen LogP contribution in [0, 0.1) is 0 Å². The highest BCUT2D eigenvalue weighted by Gasteiger charge is 2.21. The van der Waals surface area contributed by atoms with Crippen LogP contribution < -0.4 is 9.47 Å². The van der Waals surface area contributed by atoms with E-state index in [4.69, 9.17) is 14.2 Å². The van der Waals surface area contributed by atoms with Gasteiger partial charge in [-0.1, -0.05) is 46.5 Å². The Morgan fingerprint density at radius 3 is 2.12 bits per heavy atom. The highest BCUT2D eigenvalue weighted by atomic mass is 16.5. The van der Waals surface area contributed by atoms with E-state index in [-0.39, 0.29) is 5.97 Å². The number of benzene rings is 1. The number of carbonyl (C=O) groups is 1. The van der Waals surface area contributed by atoms with Crippen molar-refractivity contribution in [3.8, 4) is 11.5 Å². The lowest BCUT2D eigenvalue weighted by atomic mass is 9.99. The molecule has 26 heavy (non-hydrogen) atoms. The molecule has 0 N–H and O–H groups in total. The number of rotatable bonds is 14. The average molecular weight is 365 g/mol. The molecule has 0 saturated carbocycles. The van der Waals surface area contributed by atoms with Gasteiger partial charge in [0.05, 0.1) is 19.8 Å². The summed E-state index contributed by atoms with van der Waals surface area (Å²) in [6, 6.07) is 3.84. The molecule has 0 spiro atoms. The van der Waals surface area contributed by atoms with Gasteiger partial charge in [-0.05, 0) is 44.2 Å². The predicted octanol–water partition coefficient (Wildman–Crippen LogP) is 5.95. The summed E-state index contributed by atoms with van der Waals surface area (Å²) in [7, 11) is 0. The monoisotopic (exact) mass is 364 g/mol. The van der Waals surface area contributed by atoms with Crippen LogP contribution in [-0.2, 0) is 11.2 Å². The van der Waals surface area contributed by atoms with Gasteiger partial charge in [-0.25, -0.2) is 4.79 Å². The van der Waals surface area contributed by atoms with Crippen LogP contribution in [0.3, 0.4) is 0 Å². The van der Waals surface area contributed by atoms with Crippen molar-refractivity contribution in [2.24, 2.45) is 0 Å². The molecule has 148 valence electrons. The van der Waals surface area contributed by atoms with Crippen LogP contribution in [0.4, 0.5) is 0 Å². The van der Waals surface area contributed by atoms with Crippen LogP contribution >= 0.6 is 0 Å². The van der Waals surface area contributed by atoms with Crippen LogP contribution in [0.2, 0.25) is 0 Å².